The van der Waals surface area contributed by atoms with Crippen LogP contribution in [0.3, 0.4) is 0 Å². The van der Waals surface area contributed by atoms with Gasteiger partial charge in [0.1, 0.15) is 11.5 Å². The number of carbonyl (C=O) groups is 2. The Morgan fingerprint density at radius 1 is 1.18 bits per heavy atom. The lowest BCUT2D eigenvalue weighted by Crippen LogP contribution is -2.13. The summed E-state index contributed by atoms with van der Waals surface area (Å²) in [6.07, 6.45) is 0. The summed E-state index contributed by atoms with van der Waals surface area (Å²) in [5.74, 6) is -1.39. The van der Waals surface area contributed by atoms with Gasteiger partial charge in [0.2, 0.25) is 0 Å². The Balaban J connectivity index is 3.03. The molecule has 0 amide bonds. The third-order valence-corrected chi connectivity index (χ3v) is 4.07. The molecule has 6 heteroatoms. The molecule has 0 fully saturated rings. The monoisotopic (exact) mass is 274 g/mol. The van der Waals surface area contributed by atoms with Crippen molar-refractivity contribution in [2.45, 2.75) is 11.8 Å². The summed E-state index contributed by atoms with van der Waals surface area (Å²) >= 11 is 5.37. The number of carbonyl (C=O) groups excluding carboxylic acids is 2. The van der Waals surface area contributed by atoms with Gasteiger partial charge in [-0.2, -0.15) is 0 Å². The van der Waals surface area contributed by atoms with E-state index in [0.29, 0.717) is 5.56 Å². The average molecular weight is 275 g/mol. The van der Waals surface area contributed by atoms with Gasteiger partial charge in [-0.25, -0.2) is 8.42 Å². The first kappa shape index (κ1) is 13.9. The van der Waals surface area contributed by atoms with E-state index in [0.717, 1.165) is 0 Å². The molecule has 0 aliphatic carbocycles. The predicted octanol–water partition coefficient (Wildman–Crippen LogP) is 1.47. The maximum Gasteiger partial charge on any atom is 0.185 e. The van der Waals surface area contributed by atoms with Crippen LogP contribution >= 0.6 is 11.6 Å². The van der Waals surface area contributed by atoms with Crippen molar-refractivity contribution in [3.8, 4) is 0 Å². The van der Waals surface area contributed by atoms with Crippen molar-refractivity contribution in [1.82, 2.24) is 0 Å². The van der Waals surface area contributed by atoms with Gasteiger partial charge < -0.3 is 0 Å². The number of alkyl halides is 1. The number of sulfone groups is 1. The number of Topliss-reactive ketones (excluding diaryl/α,β-unsaturated/α-hetero) is 2. The largest absolute Gasteiger partial charge is 0.299 e. The lowest BCUT2D eigenvalue weighted by Gasteiger charge is -2.03. The maximum atomic E-state index is 11.7. The second-order valence-corrected chi connectivity index (χ2v) is 5.80. The molecule has 0 spiro atoms. The molecule has 0 radical (unpaired) electrons. The molecule has 0 aliphatic heterocycles. The Kier molecular flexibility index (Phi) is 4.42. The van der Waals surface area contributed by atoms with Gasteiger partial charge in [-0.15, -0.1) is 11.6 Å². The lowest BCUT2D eigenvalue weighted by molar-refractivity contribution is -0.114. The SMILES string of the molecule is CC(=O)CS(=O)(=O)c1ccc(C(=O)CCl)cc1. The number of benzene rings is 1. The molecule has 0 saturated heterocycles. The Labute approximate surface area is 105 Å². The van der Waals surface area contributed by atoms with Crippen LogP contribution in [0, 0.1) is 0 Å². The molecule has 1 aromatic rings. The quantitative estimate of drug-likeness (QED) is 0.602. The van der Waals surface area contributed by atoms with Crippen molar-refractivity contribution in [2.24, 2.45) is 0 Å². The molecule has 1 rings (SSSR count). The molecule has 0 saturated carbocycles. The van der Waals surface area contributed by atoms with E-state index in [1.54, 1.807) is 0 Å². The Hall–Kier alpha value is -1.20. The smallest absolute Gasteiger partial charge is 0.185 e. The van der Waals surface area contributed by atoms with E-state index in [2.05, 4.69) is 0 Å². The Morgan fingerprint density at radius 3 is 2.12 bits per heavy atom. The van der Waals surface area contributed by atoms with Crippen LogP contribution in [0.25, 0.3) is 0 Å². The second kappa shape index (κ2) is 5.42. The highest BCUT2D eigenvalue weighted by Crippen LogP contribution is 2.13. The highest BCUT2D eigenvalue weighted by Gasteiger charge is 2.17. The van der Waals surface area contributed by atoms with Gasteiger partial charge in [0.15, 0.2) is 15.6 Å². The summed E-state index contributed by atoms with van der Waals surface area (Å²) in [6.45, 7) is 1.21. The fourth-order valence-corrected chi connectivity index (χ4v) is 2.68. The summed E-state index contributed by atoms with van der Waals surface area (Å²) in [5.41, 5.74) is 0.349. The normalized spacial score (nSPS) is 11.2. The zero-order valence-corrected chi connectivity index (χ0v) is 10.7. The molecule has 4 nitrogen and oxygen atoms in total. The van der Waals surface area contributed by atoms with Crippen LogP contribution in [-0.4, -0.2) is 31.6 Å². The first-order valence-corrected chi connectivity index (χ1v) is 6.97. The van der Waals surface area contributed by atoms with Crippen molar-refractivity contribution in [2.75, 3.05) is 11.6 Å². The molecule has 0 N–H and O–H groups in total. The molecular weight excluding hydrogens is 264 g/mol. The number of hydrogen-bond acceptors (Lipinski definition) is 4. The zero-order chi connectivity index (χ0) is 13.1. The van der Waals surface area contributed by atoms with E-state index < -0.39 is 21.4 Å². The Morgan fingerprint density at radius 2 is 1.71 bits per heavy atom. The molecule has 0 aromatic heterocycles. The van der Waals surface area contributed by atoms with Gasteiger partial charge in [0.05, 0.1) is 10.8 Å². The first-order valence-electron chi connectivity index (χ1n) is 4.78. The molecule has 0 atom stereocenters. The van der Waals surface area contributed by atoms with E-state index in [4.69, 9.17) is 11.6 Å². The van der Waals surface area contributed by atoms with Gasteiger partial charge >= 0.3 is 0 Å². The van der Waals surface area contributed by atoms with Crippen LogP contribution in [0.4, 0.5) is 0 Å². The molecule has 0 unspecified atom stereocenters. The highest BCUT2D eigenvalue weighted by molar-refractivity contribution is 7.92. The summed E-state index contributed by atoms with van der Waals surface area (Å²) in [5, 5.41) is 0. The van der Waals surface area contributed by atoms with E-state index >= 15 is 0 Å². The molecule has 92 valence electrons. The maximum absolute atomic E-state index is 11.7. The van der Waals surface area contributed by atoms with Crippen LogP contribution < -0.4 is 0 Å². The topological polar surface area (TPSA) is 68.3 Å². The Bertz CT molecular complexity index is 531. The summed E-state index contributed by atoms with van der Waals surface area (Å²) < 4.78 is 23.3. The van der Waals surface area contributed by atoms with Crippen LogP contribution in [0.1, 0.15) is 17.3 Å². The molecule has 17 heavy (non-hydrogen) atoms. The third-order valence-electron chi connectivity index (χ3n) is 2.05. The minimum Gasteiger partial charge on any atom is -0.299 e. The van der Waals surface area contributed by atoms with E-state index in [1.807, 2.05) is 0 Å². The van der Waals surface area contributed by atoms with Crippen molar-refractivity contribution in [3.05, 3.63) is 29.8 Å². The van der Waals surface area contributed by atoms with Crippen LogP contribution in [0.5, 0.6) is 0 Å². The lowest BCUT2D eigenvalue weighted by atomic mass is 10.1. The fourth-order valence-electron chi connectivity index (χ4n) is 1.28. The van der Waals surface area contributed by atoms with Crippen molar-refractivity contribution < 1.29 is 18.0 Å². The molecule has 0 heterocycles. The fraction of sp³-hybridized carbons (Fsp3) is 0.273. The number of hydrogen-bond donors (Lipinski definition) is 0. The summed E-state index contributed by atoms with van der Waals surface area (Å²) in [6, 6.07) is 5.38. The number of halogens is 1. The molecule has 1 aromatic carbocycles. The zero-order valence-electron chi connectivity index (χ0n) is 9.14. The van der Waals surface area contributed by atoms with Gasteiger partial charge in [-0.3, -0.25) is 9.59 Å². The highest BCUT2D eigenvalue weighted by atomic mass is 35.5. The second-order valence-electron chi connectivity index (χ2n) is 3.54. The predicted molar refractivity (Wildman–Crippen MR) is 64.2 cm³/mol. The standard InChI is InChI=1S/C11H11ClO4S/c1-8(13)7-17(15,16)10-4-2-9(3-5-10)11(14)6-12/h2-5H,6-7H2,1H3. The van der Waals surface area contributed by atoms with Crippen molar-refractivity contribution >= 4 is 33.0 Å². The summed E-state index contributed by atoms with van der Waals surface area (Å²) in [7, 11) is -3.60. The van der Waals surface area contributed by atoms with Gasteiger partial charge in [-0.05, 0) is 19.1 Å². The van der Waals surface area contributed by atoms with E-state index in [1.165, 1.54) is 31.2 Å². The van der Waals surface area contributed by atoms with E-state index in [-0.39, 0.29) is 16.6 Å². The number of ketones is 2. The average Bonchev–Trinajstić information content (AvgIpc) is 2.26. The van der Waals surface area contributed by atoms with Gasteiger partial charge in [0, 0.05) is 5.56 Å². The molecular formula is C11H11ClO4S. The number of rotatable bonds is 5. The van der Waals surface area contributed by atoms with Crippen LogP contribution in [0.2, 0.25) is 0 Å². The van der Waals surface area contributed by atoms with Gasteiger partial charge in [-0.1, -0.05) is 12.1 Å². The van der Waals surface area contributed by atoms with E-state index in [9.17, 15) is 18.0 Å². The summed E-state index contributed by atoms with van der Waals surface area (Å²) in [4.78, 5) is 22.0. The molecule has 0 bridgehead atoms. The third kappa shape index (κ3) is 3.64. The van der Waals surface area contributed by atoms with Crippen LogP contribution in [0.15, 0.2) is 29.2 Å². The van der Waals surface area contributed by atoms with Gasteiger partial charge in [0.25, 0.3) is 0 Å². The minimum absolute atomic E-state index is 0.0267. The van der Waals surface area contributed by atoms with Crippen molar-refractivity contribution in [1.29, 1.82) is 0 Å². The van der Waals surface area contributed by atoms with Crippen molar-refractivity contribution in [3.63, 3.8) is 0 Å². The minimum atomic E-state index is -3.60. The first-order chi connectivity index (χ1) is 7.86. The van der Waals surface area contributed by atoms with Crippen LogP contribution in [-0.2, 0) is 14.6 Å². The molecule has 0 aliphatic rings.